The molecule has 0 aliphatic carbocycles. The number of ether oxygens (including phenoxy) is 2. The molecule has 1 aliphatic rings. The molecule has 0 aromatic heterocycles. The van der Waals surface area contributed by atoms with Crippen molar-refractivity contribution < 1.29 is 24.0 Å². The highest BCUT2D eigenvalue weighted by Gasteiger charge is 2.26. The molecule has 3 aromatic carbocycles. The van der Waals surface area contributed by atoms with Crippen molar-refractivity contribution >= 4 is 23.3 Å². The molecule has 7 nitrogen and oxygen atoms in total. The standard InChI is InChI=1S/C23H15NO6/c25-20(16-7-9-17(10-8-16)24(27)28)14-29-18-11-5-15(6-12-18)13-22-23(26)19-3-1-2-4-21(19)30-22/h1-13H,14H2/b22-13-. The quantitative estimate of drug-likeness (QED) is 0.262. The van der Waals surface area contributed by atoms with Crippen molar-refractivity contribution in [3.63, 3.8) is 0 Å². The van der Waals surface area contributed by atoms with E-state index in [0.717, 1.165) is 5.56 Å². The third-order valence-electron chi connectivity index (χ3n) is 4.52. The predicted octanol–water partition coefficient (Wildman–Crippen LogP) is 4.47. The molecule has 7 heteroatoms. The lowest BCUT2D eigenvalue weighted by atomic mass is 10.1. The van der Waals surface area contributed by atoms with Gasteiger partial charge in [-0.05, 0) is 48.0 Å². The fraction of sp³-hybridized carbons (Fsp3) is 0.0435. The van der Waals surface area contributed by atoms with Gasteiger partial charge in [0.15, 0.2) is 18.1 Å². The molecule has 0 saturated heterocycles. The summed E-state index contributed by atoms with van der Waals surface area (Å²) in [5.41, 5.74) is 1.54. The predicted molar refractivity (Wildman–Crippen MR) is 109 cm³/mol. The number of Topliss-reactive ketones (excluding diaryl/α,β-unsaturated/α-hetero) is 2. The zero-order valence-electron chi connectivity index (χ0n) is 15.6. The van der Waals surface area contributed by atoms with Crippen LogP contribution in [0.25, 0.3) is 6.08 Å². The third kappa shape index (κ3) is 3.95. The Labute approximate surface area is 171 Å². The van der Waals surface area contributed by atoms with Crippen molar-refractivity contribution in [2.45, 2.75) is 0 Å². The molecule has 4 rings (SSSR count). The zero-order chi connectivity index (χ0) is 21.1. The summed E-state index contributed by atoms with van der Waals surface area (Å²) in [6.45, 7) is -0.199. The summed E-state index contributed by atoms with van der Waals surface area (Å²) in [6.07, 6.45) is 1.65. The van der Waals surface area contributed by atoms with Gasteiger partial charge in [0, 0.05) is 17.7 Å². The number of allylic oxidation sites excluding steroid dienone is 1. The third-order valence-corrected chi connectivity index (χ3v) is 4.52. The van der Waals surface area contributed by atoms with Crippen molar-refractivity contribution in [1.29, 1.82) is 0 Å². The van der Waals surface area contributed by atoms with Gasteiger partial charge in [0.1, 0.15) is 11.5 Å². The molecule has 0 amide bonds. The zero-order valence-corrected chi connectivity index (χ0v) is 15.6. The molecule has 30 heavy (non-hydrogen) atoms. The second-order valence-corrected chi connectivity index (χ2v) is 6.52. The average molecular weight is 401 g/mol. The number of benzene rings is 3. The van der Waals surface area contributed by atoms with Crippen LogP contribution in [0.1, 0.15) is 26.3 Å². The minimum atomic E-state index is -0.523. The van der Waals surface area contributed by atoms with Crippen LogP contribution in [0.3, 0.4) is 0 Å². The molecule has 0 N–H and O–H groups in total. The van der Waals surface area contributed by atoms with E-state index in [4.69, 9.17) is 9.47 Å². The minimum absolute atomic E-state index is 0.0787. The first-order chi connectivity index (χ1) is 14.5. The summed E-state index contributed by atoms with van der Waals surface area (Å²) in [6, 6.07) is 19.3. The van der Waals surface area contributed by atoms with Gasteiger partial charge in [0.05, 0.1) is 10.5 Å². The fourth-order valence-corrected chi connectivity index (χ4v) is 2.95. The highest BCUT2D eigenvalue weighted by Crippen LogP contribution is 2.31. The van der Waals surface area contributed by atoms with Gasteiger partial charge in [-0.1, -0.05) is 24.3 Å². The topological polar surface area (TPSA) is 95.7 Å². The van der Waals surface area contributed by atoms with Crippen molar-refractivity contribution in [1.82, 2.24) is 0 Å². The van der Waals surface area contributed by atoms with Crippen LogP contribution in [-0.2, 0) is 0 Å². The monoisotopic (exact) mass is 401 g/mol. The van der Waals surface area contributed by atoms with Gasteiger partial charge in [-0.15, -0.1) is 0 Å². The summed E-state index contributed by atoms with van der Waals surface area (Å²) in [7, 11) is 0. The first-order valence-corrected chi connectivity index (χ1v) is 9.05. The van der Waals surface area contributed by atoms with E-state index in [1.165, 1.54) is 24.3 Å². The Morgan fingerprint density at radius 1 is 1.00 bits per heavy atom. The number of hydrogen-bond acceptors (Lipinski definition) is 6. The number of nitro groups is 1. The highest BCUT2D eigenvalue weighted by atomic mass is 16.6. The van der Waals surface area contributed by atoms with Crippen LogP contribution < -0.4 is 9.47 Å². The number of nitrogens with zero attached hydrogens (tertiary/aromatic N) is 1. The van der Waals surface area contributed by atoms with Gasteiger partial charge >= 0.3 is 0 Å². The van der Waals surface area contributed by atoms with Gasteiger partial charge in [0.25, 0.3) is 5.69 Å². The number of ketones is 2. The Hall–Kier alpha value is -4.26. The van der Waals surface area contributed by atoms with E-state index in [-0.39, 0.29) is 29.6 Å². The lowest BCUT2D eigenvalue weighted by Crippen LogP contribution is -2.11. The molecule has 0 atom stereocenters. The van der Waals surface area contributed by atoms with Gasteiger partial charge < -0.3 is 9.47 Å². The molecular formula is C23H15NO6. The first-order valence-electron chi connectivity index (χ1n) is 9.05. The second kappa shape index (κ2) is 8.00. The van der Waals surface area contributed by atoms with Crippen LogP contribution in [0.4, 0.5) is 5.69 Å². The molecule has 0 radical (unpaired) electrons. The van der Waals surface area contributed by atoms with Crippen LogP contribution >= 0.6 is 0 Å². The second-order valence-electron chi connectivity index (χ2n) is 6.52. The van der Waals surface area contributed by atoms with Gasteiger partial charge in [0.2, 0.25) is 5.78 Å². The number of nitro benzene ring substituents is 1. The summed E-state index contributed by atoms with van der Waals surface area (Å²) >= 11 is 0. The number of para-hydroxylation sites is 1. The van der Waals surface area contributed by atoms with E-state index in [1.807, 2.05) is 0 Å². The SMILES string of the molecule is O=C(COc1ccc(/C=C2\Oc3ccccc3C2=O)cc1)c1ccc([N+](=O)[O-])cc1. The average Bonchev–Trinajstić information content (AvgIpc) is 3.08. The summed E-state index contributed by atoms with van der Waals surface area (Å²) in [4.78, 5) is 34.7. The molecule has 0 unspecified atom stereocenters. The molecular weight excluding hydrogens is 386 g/mol. The summed E-state index contributed by atoms with van der Waals surface area (Å²) in [5, 5.41) is 10.7. The fourth-order valence-electron chi connectivity index (χ4n) is 2.95. The number of rotatable bonds is 6. The number of hydrogen-bond donors (Lipinski definition) is 0. The van der Waals surface area contributed by atoms with E-state index in [2.05, 4.69) is 0 Å². The van der Waals surface area contributed by atoms with Crippen molar-refractivity contribution in [2.24, 2.45) is 0 Å². The maximum absolute atomic E-state index is 12.3. The molecule has 0 bridgehead atoms. The van der Waals surface area contributed by atoms with Crippen LogP contribution in [-0.4, -0.2) is 23.1 Å². The smallest absolute Gasteiger partial charge is 0.269 e. The van der Waals surface area contributed by atoms with Crippen LogP contribution in [0, 0.1) is 10.1 Å². The lowest BCUT2D eigenvalue weighted by molar-refractivity contribution is -0.384. The Kier molecular flexibility index (Phi) is 5.09. The largest absolute Gasteiger partial charge is 0.485 e. The van der Waals surface area contributed by atoms with E-state index in [0.29, 0.717) is 22.6 Å². The first kappa shape index (κ1) is 19.1. The Morgan fingerprint density at radius 2 is 1.70 bits per heavy atom. The Bertz CT molecular complexity index is 1160. The van der Waals surface area contributed by atoms with Gasteiger partial charge in [-0.25, -0.2) is 0 Å². The maximum atomic E-state index is 12.3. The van der Waals surface area contributed by atoms with Gasteiger partial charge in [-0.2, -0.15) is 0 Å². The lowest BCUT2D eigenvalue weighted by Gasteiger charge is -2.06. The molecule has 0 fully saturated rings. The van der Waals surface area contributed by atoms with E-state index in [1.54, 1.807) is 54.6 Å². The molecule has 0 saturated carbocycles. The van der Waals surface area contributed by atoms with Crippen molar-refractivity contribution in [3.8, 4) is 11.5 Å². The number of carbonyl (C=O) groups is 2. The minimum Gasteiger partial charge on any atom is -0.485 e. The van der Waals surface area contributed by atoms with E-state index in [9.17, 15) is 19.7 Å². The van der Waals surface area contributed by atoms with Crippen molar-refractivity contribution in [3.05, 3.63) is 105 Å². The normalized spacial score (nSPS) is 13.6. The van der Waals surface area contributed by atoms with Gasteiger partial charge in [-0.3, -0.25) is 19.7 Å². The molecule has 0 spiro atoms. The summed E-state index contributed by atoms with van der Waals surface area (Å²) < 4.78 is 11.1. The van der Waals surface area contributed by atoms with E-state index < -0.39 is 4.92 Å². The van der Waals surface area contributed by atoms with Crippen LogP contribution in [0.5, 0.6) is 11.5 Å². The number of non-ortho nitro benzene ring substituents is 1. The summed E-state index contributed by atoms with van der Waals surface area (Å²) in [5.74, 6) is 0.810. The Balaban J connectivity index is 1.38. The van der Waals surface area contributed by atoms with Crippen LogP contribution in [0.2, 0.25) is 0 Å². The van der Waals surface area contributed by atoms with E-state index >= 15 is 0 Å². The van der Waals surface area contributed by atoms with Crippen molar-refractivity contribution in [2.75, 3.05) is 6.61 Å². The highest BCUT2D eigenvalue weighted by molar-refractivity contribution is 6.14. The number of carbonyl (C=O) groups excluding carboxylic acids is 2. The molecule has 148 valence electrons. The molecule has 1 aliphatic heterocycles. The maximum Gasteiger partial charge on any atom is 0.269 e. The number of fused-ring (bicyclic) bond motifs is 1. The molecule has 3 aromatic rings. The molecule has 1 heterocycles. The van der Waals surface area contributed by atoms with Crippen LogP contribution in [0.15, 0.2) is 78.6 Å². The Morgan fingerprint density at radius 3 is 2.37 bits per heavy atom.